The maximum Gasteiger partial charge on any atom is 0.308 e. The van der Waals surface area contributed by atoms with E-state index in [0.717, 1.165) is 10.8 Å². The number of carbonyl (C=O) groups is 2. The third-order valence-corrected chi connectivity index (χ3v) is 3.36. The summed E-state index contributed by atoms with van der Waals surface area (Å²) in [7, 11) is 0. The third kappa shape index (κ3) is 3.15. The summed E-state index contributed by atoms with van der Waals surface area (Å²) >= 11 is 0. The molecule has 4 nitrogen and oxygen atoms in total. The van der Waals surface area contributed by atoms with Crippen molar-refractivity contribution < 1.29 is 14.7 Å². The zero-order valence-corrected chi connectivity index (χ0v) is 11.3. The van der Waals surface area contributed by atoms with Gasteiger partial charge in [-0.3, -0.25) is 9.59 Å². The van der Waals surface area contributed by atoms with Crippen molar-refractivity contribution >= 4 is 22.6 Å². The number of carbonyl (C=O) groups excluding carboxylic acids is 1. The van der Waals surface area contributed by atoms with Gasteiger partial charge in [0, 0.05) is 12.1 Å². The standard InChI is InChI=1S/C16H17NO3/c1-2-11(16(19)20)10-17-15(18)14-8-7-12-5-3-4-6-13(12)9-14/h3-9,11H,2,10H2,1H3,(H,17,18)(H,19,20). The van der Waals surface area contributed by atoms with Crippen molar-refractivity contribution in [1.82, 2.24) is 5.32 Å². The number of rotatable bonds is 5. The number of hydrogen-bond acceptors (Lipinski definition) is 2. The molecule has 0 saturated carbocycles. The summed E-state index contributed by atoms with van der Waals surface area (Å²) in [6.45, 7) is 1.94. The van der Waals surface area contributed by atoms with Crippen LogP contribution in [0.1, 0.15) is 23.7 Å². The molecule has 2 aromatic rings. The maximum atomic E-state index is 12.0. The van der Waals surface area contributed by atoms with E-state index in [-0.39, 0.29) is 12.5 Å². The predicted molar refractivity (Wildman–Crippen MR) is 77.7 cm³/mol. The fourth-order valence-electron chi connectivity index (χ4n) is 2.05. The summed E-state index contributed by atoms with van der Waals surface area (Å²) < 4.78 is 0. The van der Waals surface area contributed by atoms with E-state index in [1.807, 2.05) is 36.4 Å². The molecule has 1 atom stereocenters. The lowest BCUT2D eigenvalue weighted by molar-refractivity contribution is -0.141. The van der Waals surface area contributed by atoms with E-state index >= 15 is 0 Å². The van der Waals surface area contributed by atoms with Gasteiger partial charge in [-0.15, -0.1) is 0 Å². The van der Waals surface area contributed by atoms with Crippen LogP contribution in [0.5, 0.6) is 0 Å². The molecule has 2 rings (SSSR count). The molecule has 4 heteroatoms. The van der Waals surface area contributed by atoms with E-state index < -0.39 is 11.9 Å². The summed E-state index contributed by atoms with van der Waals surface area (Å²) in [6, 6.07) is 13.2. The largest absolute Gasteiger partial charge is 0.481 e. The van der Waals surface area contributed by atoms with Crippen LogP contribution in [0.4, 0.5) is 0 Å². The number of carboxylic acids is 1. The quantitative estimate of drug-likeness (QED) is 0.878. The first-order valence-electron chi connectivity index (χ1n) is 6.61. The van der Waals surface area contributed by atoms with E-state index in [1.54, 1.807) is 13.0 Å². The third-order valence-electron chi connectivity index (χ3n) is 3.36. The van der Waals surface area contributed by atoms with Gasteiger partial charge >= 0.3 is 5.97 Å². The topological polar surface area (TPSA) is 66.4 Å². The molecular formula is C16H17NO3. The van der Waals surface area contributed by atoms with Gasteiger partial charge in [-0.05, 0) is 29.3 Å². The normalized spacial score (nSPS) is 12.1. The molecule has 104 valence electrons. The SMILES string of the molecule is CCC(CNC(=O)c1ccc2ccccc2c1)C(=O)O. The zero-order chi connectivity index (χ0) is 14.5. The lowest BCUT2D eigenvalue weighted by Gasteiger charge is -2.11. The van der Waals surface area contributed by atoms with Crippen molar-refractivity contribution in [3.05, 3.63) is 48.0 Å². The minimum absolute atomic E-state index is 0.150. The molecule has 0 saturated heterocycles. The van der Waals surface area contributed by atoms with E-state index in [0.29, 0.717) is 12.0 Å². The van der Waals surface area contributed by atoms with Gasteiger partial charge in [0.15, 0.2) is 0 Å². The van der Waals surface area contributed by atoms with Crippen LogP contribution in [-0.2, 0) is 4.79 Å². The van der Waals surface area contributed by atoms with E-state index in [2.05, 4.69) is 5.32 Å². The second-order valence-corrected chi connectivity index (χ2v) is 4.72. The average molecular weight is 271 g/mol. The van der Waals surface area contributed by atoms with Crippen LogP contribution in [0.15, 0.2) is 42.5 Å². The Morgan fingerprint density at radius 2 is 1.85 bits per heavy atom. The lowest BCUT2D eigenvalue weighted by atomic mass is 10.1. The Hall–Kier alpha value is -2.36. The smallest absolute Gasteiger partial charge is 0.308 e. The Kier molecular flexibility index (Phi) is 4.35. The van der Waals surface area contributed by atoms with Crippen molar-refractivity contribution in [1.29, 1.82) is 0 Å². The van der Waals surface area contributed by atoms with Crippen LogP contribution < -0.4 is 5.32 Å². The summed E-state index contributed by atoms with van der Waals surface area (Å²) in [4.78, 5) is 22.9. The average Bonchev–Trinajstić information content (AvgIpc) is 2.46. The molecule has 1 amide bonds. The maximum absolute atomic E-state index is 12.0. The van der Waals surface area contributed by atoms with Crippen molar-refractivity contribution in [2.75, 3.05) is 6.54 Å². The summed E-state index contributed by atoms with van der Waals surface area (Å²) in [5, 5.41) is 13.7. The molecule has 0 spiro atoms. The van der Waals surface area contributed by atoms with Crippen LogP contribution in [0, 0.1) is 5.92 Å². The fraction of sp³-hybridized carbons (Fsp3) is 0.250. The number of aliphatic carboxylic acids is 1. The van der Waals surface area contributed by atoms with Crippen molar-refractivity contribution in [3.63, 3.8) is 0 Å². The van der Waals surface area contributed by atoms with Crippen LogP contribution >= 0.6 is 0 Å². The summed E-state index contributed by atoms with van der Waals surface area (Å²) in [5.74, 6) is -1.67. The number of carboxylic acid groups (broad SMARTS) is 1. The Balaban J connectivity index is 2.09. The Morgan fingerprint density at radius 1 is 1.15 bits per heavy atom. The summed E-state index contributed by atoms with van der Waals surface area (Å²) in [6.07, 6.45) is 0.493. The Morgan fingerprint density at radius 3 is 2.50 bits per heavy atom. The van der Waals surface area contributed by atoms with Crippen LogP contribution in [-0.4, -0.2) is 23.5 Å². The number of nitrogens with one attached hydrogen (secondary N) is 1. The summed E-state index contributed by atoms with van der Waals surface area (Å²) in [5.41, 5.74) is 0.545. The number of hydrogen-bond donors (Lipinski definition) is 2. The fourth-order valence-corrected chi connectivity index (χ4v) is 2.05. The van der Waals surface area contributed by atoms with Gasteiger partial charge in [0.05, 0.1) is 5.92 Å². The lowest BCUT2D eigenvalue weighted by Crippen LogP contribution is -2.32. The molecule has 0 heterocycles. The first-order valence-corrected chi connectivity index (χ1v) is 6.61. The number of fused-ring (bicyclic) bond motifs is 1. The van der Waals surface area contributed by atoms with Gasteiger partial charge in [0.1, 0.15) is 0 Å². The highest BCUT2D eigenvalue weighted by Gasteiger charge is 2.16. The first kappa shape index (κ1) is 14.1. The molecule has 0 aliphatic carbocycles. The van der Waals surface area contributed by atoms with E-state index in [1.165, 1.54) is 0 Å². The zero-order valence-electron chi connectivity index (χ0n) is 11.3. The molecule has 20 heavy (non-hydrogen) atoms. The monoisotopic (exact) mass is 271 g/mol. The number of benzene rings is 2. The van der Waals surface area contributed by atoms with Gasteiger partial charge in [-0.2, -0.15) is 0 Å². The highest BCUT2D eigenvalue weighted by molar-refractivity contribution is 5.98. The molecule has 0 aromatic heterocycles. The molecule has 1 unspecified atom stereocenters. The van der Waals surface area contributed by atoms with Crippen LogP contribution in [0.25, 0.3) is 10.8 Å². The van der Waals surface area contributed by atoms with Crippen molar-refractivity contribution in [3.8, 4) is 0 Å². The molecule has 0 radical (unpaired) electrons. The molecular weight excluding hydrogens is 254 g/mol. The molecule has 0 aliphatic heterocycles. The molecule has 0 aliphatic rings. The van der Waals surface area contributed by atoms with Crippen LogP contribution in [0.3, 0.4) is 0 Å². The van der Waals surface area contributed by atoms with Crippen LogP contribution in [0.2, 0.25) is 0 Å². The predicted octanol–water partition coefficient (Wildman–Crippen LogP) is 2.68. The van der Waals surface area contributed by atoms with Crippen molar-refractivity contribution in [2.24, 2.45) is 5.92 Å². The van der Waals surface area contributed by atoms with Crippen molar-refractivity contribution in [2.45, 2.75) is 13.3 Å². The van der Waals surface area contributed by atoms with E-state index in [4.69, 9.17) is 5.11 Å². The first-order chi connectivity index (χ1) is 9.61. The van der Waals surface area contributed by atoms with E-state index in [9.17, 15) is 9.59 Å². The molecule has 2 aromatic carbocycles. The highest BCUT2D eigenvalue weighted by atomic mass is 16.4. The Labute approximate surface area is 117 Å². The second-order valence-electron chi connectivity index (χ2n) is 4.72. The van der Waals surface area contributed by atoms with Gasteiger partial charge < -0.3 is 10.4 Å². The second kappa shape index (κ2) is 6.19. The van der Waals surface area contributed by atoms with Gasteiger partial charge in [0.2, 0.25) is 0 Å². The Bertz CT molecular complexity index is 636. The highest BCUT2D eigenvalue weighted by Crippen LogP contribution is 2.15. The minimum Gasteiger partial charge on any atom is -0.481 e. The van der Waals surface area contributed by atoms with Gasteiger partial charge in [-0.25, -0.2) is 0 Å². The minimum atomic E-state index is -0.883. The molecule has 0 bridgehead atoms. The van der Waals surface area contributed by atoms with Gasteiger partial charge in [-0.1, -0.05) is 37.3 Å². The number of amides is 1. The molecule has 0 fully saturated rings. The molecule has 2 N–H and O–H groups in total. The van der Waals surface area contributed by atoms with Gasteiger partial charge in [0.25, 0.3) is 5.91 Å².